The molecule has 0 atom stereocenters. The monoisotopic (exact) mass is 571 g/mol. The van der Waals surface area contributed by atoms with Gasteiger partial charge in [0.25, 0.3) is 11.1 Å². The lowest BCUT2D eigenvalue weighted by atomic mass is 9.82. The maximum atomic E-state index is 9.30. The molecule has 0 unspecified atom stereocenters. The van der Waals surface area contributed by atoms with Gasteiger partial charge in [0.1, 0.15) is 12.7 Å². The number of benzene rings is 2. The van der Waals surface area contributed by atoms with Gasteiger partial charge in [-0.3, -0.25) is 5.10 Å². The molecular weight excluding hydrogens is 534 g/mol. The van der Waals surface area contributed by atoms with Crippen LogP contribution in [0.1, 0.15) is 88.8 Å². The Morgan fingerprint density at radius 2 is 1.20 bits per heavy atom. The van der Waals surface area contributed by atoms with Gasteiger partial charge in [0.15, 0.2) is 0 Å². The molecule has 0 saturated carbocycles. The summed E-state index contributed by atoms with van der Waals surface area (Å²) in [5, 5.41) is 33.7. The van der Waals surface area contributed by atoms with Gasteiger partial charge in [-0.1, -0.05) is 12.1 Å². The minimum atomic E-state index is -0.647. The van der Waals surface area contributed by atoms with Gasteiger partial charge in [0.05, 0.1) is 29.6 Å². The van der Waals surface area contributed by atoms with Gasteiger partial charge >= 0.3 is 0 Å². The number of alkyl halides is 1. The standard InChI is InChI=1S/C15H17ClN2.C15H18N2O.C2H3N3/c1-14(2,10-17)12-6-11(9-16)7-13(8-12)15(3,4)18-5;1-14(2,10-16)12-6-11(9-18)7-13(8-12)15(3,4)17-5;1-3-2-5-4-1/h6-8H,9H2,1-4H3;6-8,18H,9H2,1-4H3;1-2H,(H,3,4,5). The molecule has 0 aliphatic carbocycles. The van der Waals surface area contributed by atoms with Crippen LogP contribution in [0.15, 0.2) is 49.1 Å². The number of nitriles is 2. The first-order chi connectivity index (χ1) is 19.0. The predicted octanol–water partition coefficient (Wildman–Crippen LogP) is 7.32. The Bertz CT molecular complexity index is 1260. The molecule has 214 valence electrons. The molecule has 0 radical (unpaired) electrons. The topological polar surface area (TPSA) is 118 Å². The zero-order valence-electron chi connectivity index (χ0n) is 25.0. The molecule has 9 heteroatoms. The number of halogens is 1. The summed E-state index contributed by atoms with van der Waals surface area (Å²) in [5.41, 5.74) is 2.74. The van der Waals surface area contributed by atoms with Crippen molar-refractivity contribution in [1.82, 2.24) is 15.2 Å². The second kappa shape index (κ2) is 14.4. The van der Waals surface area contributed by atoms with Gasteiger partial charge < -0.3 is 14.8 Å². The van der Waals surface area contributed by atoms with Crippen molar-refractivity contribution in [2.24, 2.45) is 0 Å². The summed E-state index contributed by atoms with van der Waals surface area (Å²) in [5.74, 6) is 0.385. The van der Waals surface area contributed by atoms with E-state index in [1.54, 1.807) is 0 Å². The van der Waals surface area contributed by atoms with Crippen LogP contribution in [0.4, 0.5) is 0 Å². The number of hydrogen-bond donors (Lipinski definition) is 2. The molecule has 3 rings (SSSR count). The van der Waals surface area contributed by atoms with E-state index >= 15 is 0 Å². The highest BCUT2D eigenvalue weighted by molar-refractivity contribution is 6.17. The molecule has 3 aromatic rings. The predicted molar refractivity (Wildman–Crippen MR) is 161 cm³/mol. The van der Waals surface area contributed by atoms with Crippen molar-refractivity contribution < 1.29 is 5.11 Å². The van der Waals surface area contributed by atoms with Gasteiger partial charge in [-0.05, 0) is 74.2 Å². The normalized spacial score (nSPS) is 11.3. The van der Waals surface area contributed by atoms with Gasteiger partial charge in [0, 0.05) is 44.7 Å². The van der Waals surface area contributed by atoms with Crippen LogP contribution in [0.2, 0.25) is 0 Å². The van der Waals surface area contributed by atoms with E-state index in [1.807, 2.05) is 91.8 Å². The lowest BCUT2D eigenvalue weighted by molar-refractivity contribution is 0.281. The molecule has 0 fully saturated rings. The third kappa shape index (κ3) is 9.73. The molecule has 8 nitrogen and oxygen atoms in total. The minimum Gasteiger partial charge on any atom is -0.392 e. The zero-order chi connectivity index (χ0) is 31.5. The summed E-state index contributed by atoms with van der Waals surface area (Å²) in [7, 11) is 0. The highest BCUT2D eigenvalue weighted by Gasteiger charge is 2.30. The van der Waals surface area contributed by atoms with E-state index in [0.717, 1.165) is 33.4 Å². The maximum absolute atomic E-state index is 9.30. The molecule has 0 bridgehead atoms. The van der Waals surface area contributed by atoms with Crippen molar-refractivity contribution in [3.05, 3.63) is 105 Å². The van der Waals surface area contributed by atoms with Crippen molar-refractivity contribution in [2.75, 3.05) is 0 Å². The SMILES string of the molecule is [C-]#[N+]C(C)(C)c1cc(CCl)cc(C(C)(C)C#N)c1.[C-]#[N+]C(C)(C)c1cc(CO)cc(C(C)(C)C#N)c1.c1nc[nH]n1. The van der Waals surface area contributed by atoms with Gasteiger partial charge in [-0.15, -0.1) is 11.6 Å². The van der Waals surface area contributed by atoms with E-state index in [-0.39, 0.29) is 6.61 Å². The maximum Gasteiger partial charge on any atom is 0.252 e. The Hall–Kier alpha value is -4.21. The van der Waals surface area contributed by atoms with Crippen molar-refractivity contribution in [2.45, 2.75) is 89.8 Å². The second-order valence-corrected chi connectivity index (χ2v) is 11.9. The van der Waals surface area contributed by atoms with E-state index < -0.39 is 21.9 Å². The molecule has 1 heterocycles. The van der Waals surface area contributed by atoms with Gasteiger partial charge in [-0.25, -0.2) is 18.1 Å². The number of nitrogens with one attached hydrogen (secondary N) is 1. The number of aliphatic hydroxyl groups is 1. The summed E-state index contributed by atoms with van der Waals surface area (Å²) in [4.78, 5) is 10.8. The van der Waals surface area contributed by atoms with Gasteiger partial charge in [0.2, 0.25) is 0 Å². The third-order valence-electron chi connectivity index (χ3n) is 6.63. The number of rotatable bonds is 6. The van der Waals surface area contributed by atoms with Crippen LogP contribution < -0.4 is 0 Å². The molecule has 2 aromatic carbocycles. The third-order valence-corrected chi connectivity index (χ3v) is 6.94. The Balaban J connectivity index is 0.000000349. The molecule has 0 spiro atoms. The first kappa shape index (κ1) is 34.8. The lowest BCUT2D eigenvalue weighted by Gasteiger charge is -2.20. The van der Waals surface area contributed by atoms with Crippen molar-refractivity contribution in [1.29, 1.82) is 10.5 Å². The molecule has 0 amide bonds. The number of hydrogen-bond acceptors (Lipinski definition) is 5. The number of aromatic amines is 1. The van der Waals surface area contributed by atoms with Crippen molar-refractivity contribution in [3.63, 3.8) is 0 Å². The first-order valence-electron chi connectivity index (χ1n) is 12.9. The zero-order valence-corrected chi connectivity index (χ0v) is 25.8. The molecular formula is C32H38ClN7O. The van der Waals surface area contributed by atoms with Crippen LogP contribution in [-0.2, 0) is 34.4 Å². The van der Waals surface area contributed by atoms with Crippen LogP contribution in [0, 0.1) is 35.8 Å². The summed E-state index contributed by atoms with van der Waals surface area (Å²) < 4.78 is 0. The number of H-pyrrole nitrogens is 1. The quantitative estimate of drug-likeness (QED) is 0.237. The summed E-state index contributed by atoms with van der Waals surface area (Å²) in [6.07, 6.45) is 2.96. The van der Waals surface area contributed by atoms with E-state index in [0.29, 0.717) is 5.88 Å². The molecule has 0 aliphatic heterocycles. The van der Waals surface area contributed by atoms with E-state index in [9.17, 15) is 15.6 Å². The van der Waals surface area contributed by atoms with Crippen LogP contribution in [0.3, 0.4) is 0 Å². The van der Waals surface area contributed by atoms with E-state index in [1.165, 1.54) is 12.7 Å². The Labute approximate surface area is 249 Å². The van der Waals surface area contributed by atoms with Crippen LogP contribution in [0.5, 0.6) is 0 Å². The largest absolute Gasteiger partial charge is 0.392 e. The number of aromatic nitrogens is 3. The number of aliphatic hydroxyl groups excluding tert-OH is 1. The van der Waals surface area contributed by atoms with Crippen LogP contribution in [0.25, 0.3) is 9.69 Å². The van der Waals surface area contributed by atoms with Gasteiger partial charge in [-0.2, -0.15) is 15.6 Å². The second-order valence-electron chi connectivity index (χ2n) is 11.6. The smallest absolute Gasteiger partial charge is 0.252 e. The summed E-state index contributed by atoms with van der Waals surface area (Å²) >= 11 is 5.90. The molecule has 0 aliphatic rings. The fourth-order valence-corrected chi connectivity index (χ4v) is 3.56. The van der Waals surface area contributed by atoms with Crippen molar-refractivity contribution in [3.8, 4) is 12.1 Å². The average Bonchev–Trinajstić information content (AvgIpc) is 3.57. The Morgan fingerprint density at radius 3 is 1.49 bits per heavy atom. The van der Waals surface area contributed by atoms with E-state index in [2.05, 4.69) is 37.0 Å². The molecule has 41 heavy (non-hydrogen) atoms. The van der Waals surface area contributed by atoms with Crippen LogP contribution in [-0.4, -0.2) is 20.3 Å². The minimum absolute atomic E-state index is 0.0869. The summed E-state index contributed by atoms with van der Waals surface area (Å²) in [6, 6.07) is 15.9. The fraction of sp³-hybridized carbons (Fsp3) is 0.438. The fourth-order valence-electron chi connectivity index (χ4n) is 3.41. The van der Waals surface area contributed by atoms with Crippen LogP contribution >= 0.6 is 11.6 Å². The van der Waals surface area contributed by atoms with E-state index in [4.69, 9.17) is 24.7 Å². The summed E-state index contributed by atoms with van der Waals surface area (Å²) in [6.45, 7) is 29.2. The average molecular weight is 572 g/mol. The highest BCUT2D eigenvalue weighted by Crippen LogP contribution is 2.33. The Kier molecular flexibility index (Phi) is 12.3. The molecule has 2 N–H and O–H groups in total. The molecule has 0 saturated heterocycles. The first-order valence-corrected chi connectivity index (χ1v) is 13.4. The highest BCUT2D eigenvalue weighted by atomic mass is 35.5. The van der Waals surface area contributed by atoms with Crippen molar-refractivity contribution >= 4 is 11.6 Å². The lowest BCUT2D eigenvalue weighted by Crippen LogP contribution is -2.18. The Morgan fingerprint density at radius 1 is 0.780 bits per heavy atom. The molecule has 1 aromatic heterocycles. The number of nitrogens with zero attached hydrogens (tertiary/aromatic N) is 6.